The Bertz CT molecular complexity index is 1300. The second-order valence-electron chi connectivity index (χ2n) is 9.11. The molecule has 0 saturated heterocycles. The van der Waals surface area contributed by atoms with Crippen molar-refractivity contribution < 1.29 is 0 Å². The Morgan fingerprint density at radius 3 is 2.17 bits per heavy atom. The first kappa shape index (κ1) is 17.7. The van der Waals surface area contributed by atoms with Crippen LogP contribution in [-0.4, -0.2) is 0 Å². The van der Waals surface area contributed by atoms with Gasteiger partial charge in [-0.1, -0.05) is 49.7 Å². The van der Waals surface area contributed by atoms with Gasteiger partial charge in [0.15, 0.2) is 0 Å². The number of thiophene rings is 2. The predicted octanol–water partition coefficient (Wildman–Crippen LogP) is 8.17. The van der Waals surface area contributed by atoms with Crippen LogP contribution in [0.15, 0.2) is 48.5 Å². The number of rotatable bonds is 1. The molecule has 6 rings (SSSR count). The van der Waals surface area contributed by atoms with Crippen molar-refractivity contribution in [1.29, 1.82) is 0 Å². The highest BCUT2D eigenvalue weighted by Gasteiger charge is 2.35. The molecule has 2 heteroatoms. The molecule has 0 unspecified atom stereocenters. The van der Waals surface area contributed by atoms with E-state index in [1.807, 2.05) is 22.7 Å². The van der Waals surface area contributed by atoms with E-state index >= 15 is 0 Å². The second kappa shape index (κ2) is 5.93. The fraction of sp³-hybridized carbons (Fsp3) is 0.259. The van der Waals surface area contributed by atoms with E-state index in [-0.39, 0.29) is 5.41 Å². The normalized spacial score (nSPS) is 15.6. The van der Waals surface area contributed by atoms with Crippen LogP contribution in [0.4, 0.5) is 0 Å². The summed E-state index contributed by atoms with van der Waals surface area (Å²) in [5.41, 5.74) is 11.6. The van der Waals surface area contributed by atoms with E-state index < -0.39 is 0 Å². The third-order valence-electron chi connectivity index (χ3n) is 6.73. The van der Waals surface area contributed by atoms with Crippen molar-refractivity contribution in [3.05, 3.63) is 81.2 Å². The second-order valence-corrected chi connectivity index (χ2v) is 11.4. The van der Waals surface area contributed by atoms with E-state index in [1.54, 1.807) is 5.56 Å². The van der Waals surface area contributed by atoms with Crippen molar-refractivity contribution >= 4 is 22.7 Å². The average Bonchev–Trinajstić information content (AvgIpc) is 3.34. The Morgan fingerprint density at radius 1 is 0.724 bits per heavy atom. The van der Waals surface area contributed by atoms with Crippen LogP contribution < -0.4 is 0 Å². The predicted molar refractivity (Wildman–Crippen MR) is 128 cm³/mol. The zero-order valence-corrected chi connectivity index (χ0v) is 19.0. The molecule has 0 amide bonds. The highest BCUT2D eigenvalue weighted by Crippen LogP contribution is 2.51. The summed E-state index contributed by atoms with van der Waals surface area (Å²) in [4.78, 5) is 5.88. The Morgan fingerprint density at radius 2 is 1.38 bits per heavy atom. The number of hydrogen-bond acceptors (Lipinski definition) is 2. The van der Waals surface area contributed by atoms with Crippen LogP contribution >= 0.6 is 22.7 Å². The molecule has 2 aromatic carbocycles. The van der Waals surface area contributed by atoms with Crippen LogP contribution in [-0.2, 0) is 18.3 Å². The van der Waals surface area contributed by atoms with Crippen LogP contribution in [0.5, 0.6) is 0 Å². The largest absolute Gasteiger partial charge is 0.139 e. The molecule has 0 saturated carbocycles. The Balaban J connectivity index is 1.48. The van der Waals surface area contributed by atoms with Gasteiger partial charge in [-0.05, 0) is 83.8 Å². The lowest BCUT2D eigenvalue weighted by atomic mass is 9.81. The van der Waals surface area contributed by atoms with Crippen molar-refractivity contribution in [2.75, 3.05) is 0 Å². The van der Waals surface area contributed by atoms with Crippen LogP contribution in [0.25, 0.3) is 31.3 Å². The summed E-state index contributed by atoms with van der Waals surface area (Å²) in [7, 11) is 0. The minimum absolute atomic E-state index is 0.0571. The summed E-state index contributed by atoms with van der Waals surface area (Å²) in [6, 6.07) is 18.9. The van der Waals surface area contributed by atoms with E-state index in [1.165, 1.54) is 71.3 Å². The summed E-state index contributed by atoms with van der Waals surface area (Å²) >= 11 is 3.95. The maximum atomic E-state index is 2.46. The van der Waals surface area contributed by atoms with E-state index in [9.17, 15) is 0 Å². The Labute approximate surface area is 180 Å². The first-order valence-electron chi connectivity index (χ1n) is 10.4. The smallest absolute Gasteiger partial charge is 0.0484 e. The lowest BCUT2D eigenvalue weighted by Gasteiger charge is -2.22. The van der Waals surface area contributed by atoms with Gasteiger partial charge in [0.2, 0.25) is 0 Å². The maximum Gasteiger partial charge on any atom is 0.0484 e. The van der Waals surface area contributed by atoms with Crippen molar-refractivity contribution in [1.82, 2.24) is 0 Å². The van der Waals surface area contributed by atoms with E-state index in [4.69, 9.17) is 0 Å². The SMILES string of the molecule is Cc1ccc2c(c1)C(C)(C)c1cc(-c3cc4c(s3)-c3sc(C)cc3CC4)ccc1-2. The van der Waals surface area contributed by atoms with Gasteiger partial charge in [0.1, 0.15) is 0 Å². The molecule has 0 aliphatic heterocycles. The van der Waals surface area contributed by atoms with Crippen molar-refractivity contribution in [2.45, 2.75) is 46.0 Å². The van der Waals surface area contributed by atoms with E-state index in [2.05, 4.69) is 76.2 Å². The molecule has 0 N–H and O–H groups in total. The molecule has 0 radical (unpaired) electrons. The fourth-order valence-electron chi connectivity index (χ4n) is 5.17. The third-order valence-corrected chi connectivity index (χ3v) is 9.21. The van der Waals surface area contributed by atoms with Gasteiger partial charge in [0.05, 0.1) is 0 Å². The third kappa shape index (κ3) is 2.49. The summed E-state index contributed by atoms with van der Waals surface area (Å²) in [6.45, 7) is 9.18. The highest BCUT2D eigenvalue weighted by atomic mass is 32.1. The fourth-order valence-corrected chi connectivity index (χ4v) is 7.64. The number of hydrogen-bond donors (Lipinski definition) is 0. The van der Waals surface area contributed by atoms with Gasteiger partial charge in [0, 0.05) is 24.9 Å². The molecule has 0 spiro atoms. The van der Waals surface area contributed by atoms with Crippen molar-refractivity contribution in [3.63, 3.8) is 0 Å². The molecule has 0 bridgehead atoms. The van der Waals surface area contributed by atoms with Gasteiger partial charge < -0.3 is 0 Å². The molecule has 0 fully saturated rings. The summed E-state index contributed by atoms with van der Waals surface area (Å²) < 4.78 is 0. The molecule has 2 aliphatic rings. The zero-order chi connectivity index (χ0) is 19.9. The van der Waals surface area contributed by atoms with E-state index in [0.717, 1.165) is 0 Å². The number of fused-ring (bicyclic) bond motifs is 6. The Hall–Kier alpha value is -2.16. The lowest BCUT2D eigenvalue weighted by molar-refractivity contribution is 0.660. The highest BCUT2D eigenvalue weighted by molar-refractivity contribution is 7.24. The van der Waals surface area contributed by atoms with Gasteiger partial charge in [-0.2, -0.15) is 0 Å². The van der Waals surface area contributed by atoms with Gasteiger partial charge in [-0.25, -0.2) is 0 Å². The molecule has 2 heterocycles. The first-order chi connectivity index (χ1) is 13.9. The summed E-state index contributed by atoms with van der Waals surface area (Å²) in [5, 5.41) is 0. The molecule has 29 heavy (non-hydrogen) atoms. The maximum absolute atomic E-state index is 2.46. The average molecular weight is 413 g/mol. The Kier molecular flexibility index (Phi) is 3.62. The topological polar surface area (TPSA) is 0 Å². The first-order valence-corrected chi connectivity index (χ1v) is 12.0. The summed E-state index contributed by atoms with van der Waals surface area (Å²) in [5.74, 6) is 0. The molecule has 0 nitrogen and oxygen atoms in total. The number of benzene rings is 2. The minimum atomic E-state index is 0.0571. The van der Waals surface area contributed by atoms with Crippen LogP contribution in [0, 0.1) is 13.8 Å². The molecular weight excluding hydrogens is 388 g/mol. The quantitative estimate of drug-likeness (QED) is 0.296. The minimum Gasteiger partial charge on any atom is -0.139 e. The molecule has 2 aliphatic carbocycles. The van der Waals surface area contributed by atoms with Crippen LogP contribution in [0.2, 0.25) is 0 Å². The van der Waals surface area contributed by atoms with Crippen LogP contribution in [0.1, 0.15) is 46.5 Å². The lowest BCUT2D eigenvalue weighted by Crippen LogP contribution is -2.15. The summed E-state index contributed by atoms with van der Waals surface area (Å²) in [6.07, 6.45) is 2.37. The standard InChI is InChI=1S/C27H24S2/c1-15-5-9-20-21-10-8-17(13-23(21)27(3,4)22(20)11-15)24-14-19-7-6-18-12-16(2)28-25(18)26(19)29-24/h5,8-14H,6-7H2,1-4H3. The molecule has 0 atom stereocenters. The zero-order valence-electron chi connectivity index (χ0n) is 17.3. The van der Waals surface area contributed by atoms with Gasteiger partial charge >= 0.3 is 0 Å². The molecule has 144 valence electrons. The molecule has 4 aromatic rings. The monoisotopic (exact) mass is 412 g/mol. The van der Waals surface area contributed by atoms with Crippen molar-refractivity contribution in [3.8, 4) is 31.3 Å². The van der Waals surface area contributed by atoms with Crippen molar-refractivity contribution in [2.24, 2.45) is 0 Å². The van der Waals surface area contributed by atoms with Gasteiger partial charge in [0.25, 0.3) is 0 Å². The van der Waals surface area contributed by atoms with Gasteiger partial charge in [-0.3, -0.25) is 0 Å². The molecular formula is C27H24S2. The molecule has 2 aromatic heterocycles. The van der Waals surface area contributed by atoms with Crippen LogP contribution in [0.3, 0.4) is 0 Å². The van der Waals surface area contributed by atoms with E-state index in [0.29, 0.717) is 0 Å². The number of aryl methyl sites for hydroxylation is 4. The van der Waals surface area contributed by atoms with Gasteiger partial charge in [-0.15, -0.1) is 22.7 Å².